The van der Waals surface area contributed by atoms with Crippen LogP contribution in [0.4, 0.5) is 6.01 Å². The number of anilines is 1. The second-order valence-electron chi connectivity index (χ2n) is 5.55. The summed E-state index contributed by atoms with van der Waals surface area (Å²) >= 11 is 0. The van der Waals surface area contributed by atoms with E-state index < -0.39 is 0 Å². The van der Waals surface area contributed by atoms with Crippen molar-refractivity contribution in [2.24, 2.45) is 5.92 Å². The molecule has 2 heterocycles. The molecule has 0 aliphatic carbocycles. The van der Waals surface area contributed by atoms with Crippen molar-refractivity contribution in [1.29, 1.82) is 0 Å². The van der Waals surface area contributed by atoms with Gasteiger partial charge in [0.15, 0.2) is 0 Å². The molecule has 1 aliphatic heterocycles. The van der Waals surface area contributed by atoms with Crippen molar-refractivity contribution in [3.8, 4) is 0 Å². The van der Waals surface area contributed by atoms with Gasteiger partial charge in [-0.05, 0) is 18.8 Å². The van der Waals surface area contributed by atoms with Gasteiger partial charge >= 0.3 is 0 Å². The lowest BCUT2D eigenvalue weighted by molar-refractivity contribution is 0.515. The maximum absolute atomic E-state index is 5.58. The van der Waals surface area contributed by atoms with Gasteiger partial charge in [-0.15, -0.1) is 0 Å². The van der Waals surface area contributed by atoms with E-state index in [0.29, 0.717) is 6.04 Å². The summed E-state index contributed by atoms with van der Waals surface area (Å²) in [6.45, 7) is 9.50. The minimum absolute atomic E-state index is 0.478. The monoisotopic (exact) mass is 251 g/mol. The predicted octanol–water partition coefficient (Wildman–Crippen LogP) is 2.80. The summed E-state index contributed by atoms with van der Waals surface area (Å²) in [6, 6.07) is 1.28. The van der Waals surface area contributed by atoms with Gasteiger partial charge in [0, 0.05) is 25.7 Å². The molecule has 0 spiro atoms. The summed E-state index contributed by atoms with van der Waals surface area (Å²) in [5.41, 5.74) is 0.998. The van der Waals surface area contributed by atoms with Crippen molar-refractivity contribution in [3.63, 3.8) is 0 Å². The van der Waals surface area contributed by atoms with Crippen LogP contribution in [0.15, 0.2) is 10.7 Å². The fourth-order valence-corrected chi connectivity index (χ4v) is 2.48. The van der Waals surface area contributed by atoms with Crippen molar-refractivity contribution in [3.05, 3.63) is 12.0 Å². The fraction of sp³-hybridized carbons (Fsp3) is 0.786. The van der Waals surface area contributed by atoms with Crippen LogP contribution in [-0.2, 0) is 6.54 Å². The highest BCUT2D eigenvalue weighted by Gasteiger charge is 2.24. The molecule has 1 atom stereocenters. The molecule has 18 heavy (non-hydrogen) atoms. The van der Waals surface area contributed by atoms with Gasteiger partial charge in [0.05, 0.1) is 5.69 Å². The Morgan fingerprint density at radius 2 is 2.39 bits per heavy atom. The minimum atomic E-state index is 0.478. The van der Waals surface area contributed by atoms with E-state index in [2.05, 4.69) is 36.0 Å². The molecule has 0 bridgehead atoms. The number of hydrogen-bond acceptors (Lipinski definition) is 4. The fourth-order valence-electron chi connectivity index (χ4n) is 2.48. The molecular formula is C14H25N3O. The number of oxazole rings is 1. The van der Waals surface area contributed by atoms with Crippen molar-refractivity contribution < 1.29 is 4.42 Å². The standard InChI is InChI=1S/C14H25N3O/c1-4-5-12-6-7-17(9-12)14-16-13(10-18-14)8-15-11(2)3/h10-12,15H,4-9H2,1-3H3. The molecule has 1 N–H and O–H groups in total. The molecule has 1 aliphatic rings. The third kappa shape index (κ3) is 3.48. The highest BCUT2D eigenvalue weighted by Crippen LogP contribution is 2.25. The number of rotatable bonds is 6. The second-order valence-corrected chi connectivity index (χ2v) is 5.55. The van der Waals surface area contributed by atoms with Crippen LogP contribution in [0, 0.1) is 5.92 Å². The van der Waals surface area contributed by atoms with Gasteiger partial charge in [0.25, 0.3) is 6.01 Å². The molecular weight excluding hydrogens is 226 g/mol. The normalized spacial score (nSPS) is 20.0. The van der Waals surface area contributed by atoms with E-state index in [-0.39, 0.29) is 0 Å². The van der Waals surface area contributed by atoms with Crippen LogP contribution in [0.5, 0.6) is 0 Å². The first kappa shape index (κ1) is 13.4. The Hall–Kier alpha value is -1.03. The maximum Gasteiger partial charge on any atom is 0.297 e. The summed E-state index contributed by atoms with van der Waals surface area (Å²) < 4.78 is 5.58. The first-order chi connectivity index (χ1) is 8.69. The minimum Gasteiger partial charge on any atom is -0.432 e. The van der Waals surface area contributed by atoms with Gasteiger partial charge in [-0.2, -0.15) is 4.98 Å². The smallest absolute Gasteiger partial charge is 0.297 e. The third-order valence-corrected chi connectivity index (χ3v) is 3.48. The zero-order valence-electron chi connectivity index (χ0n) is 11.8. The first-order valence-corrected chi connectivity index (χ1v) is 7.11. The summed E-state index contributed by atoms with van der Waals surface area (Å²) in [5, 5.41) is 3.35. The SMILES string of the molecule is CCCC1CCN(c2nc(CNC(C)C)co2)C1. The van der Waals surface area contributed by atoms with Gasteiger partial charge < -0.3 is 14.6 Å². The van der Waals surface area contributed by atoms with Crippen molar-refractivity contribution in [2.45, 2.75) is 52.6 Å². The lowest BCUT2D eigenvalue weighted by Gasteiger charge is -2.13. The van der Waals surface area contributed by atoms with Gasteiger partial charge in [-0.1, -0.05) is 27.2 Å². The van der Waals surface area contributed by atoms with Gasteiger partial charge in [0.1, 0.15) is 6.26 Å². The number of aromatic nitrogens is 1. The molecule has 1 unspecified atom stereocenters. The summed E-state index contributed by atoms with van der Waals surface area (Å²) in [7, 11) is 0. The molecule has 0 saturated carbocycles. The molecule has 1 aromatic heterocycles. The lowest BCUT2D eigenvalue weighted by Crippen LogP contribution is -2.22. The Bertz CT molecular complexity index is 362. The topological polar surface area (TPSA) is 41.3 Å². The highest BCUT2D eigenvalue weighted by molar-refractivity contribution is 5.28. The first-order valence-electron chi connectivity index (χ1n) is 7.11. The average molecular weight is 251 g/mol. The van der Waals surface area contributed by atoms with Crippen LogP contribution < -0.4 is 10.2 Å². The van der Waals surface area contributed by atoms with E-state index in [9.17, 15) is 0 Å². The van der Waals surface area contributed by atoms with Crippen molar-refractivity contribution in [1.82, 2.24) is 10.3 Å². The summed E-state index contributed by atoms with van der Waals surface area (Å²) in [6.07, 6.45) is 5.64. The number of nitrogens with zero attached hydrogens (tertiary/aromatic N) is 2. The van der Waals surface area contributed by atoms with Crippen LogP contribution in [0.1, 0.15) is 45.7 Å². The van der Waals surface area contributed by atoms with E-state index >= 15 is 0 Å². The van der Waals surface area contributed by atoms with Crippen molar-refractivity contribution in [2.75, 3.05) is 18.0 Å². The largest absolute Gasteiger partial charge is 0.432 e. The van der Waals surface area contributed by atoms with Crippen molar-refractivity contribution >= 4 is 6.01 Å². The molecule has 0 amide bonds. The van der Waals surface area contributed by atoms with Crippen LogP contribution in [0.2, 0.25) is 0 Å². The van der Waals surface area contributed by atoms with Crippen LogP contribution in [0.3, 0.4) is 0 Å². The molecule has 2 rings (SSSR count). The van der Waals surface area contributed by atoms with E-state index in [0.717, 1.165) is 37.3 Å². The Kier molecular flexibility index (Phi) is 4.64. The molecule has 4 heteroatoms. The molecule has 1 fully saturated rings. The quantitative estimate of drug-likeness (QED) is 0.844. The second kappa shape index (κ2) is 6.23. The van der Waals surface area contributed by atoms with Crippen LogP contribution in [0.25, 0.3) is 0 Å². The maximum atomic E-state index is 5.58. The van der Waals surface area contributed by atoms with E-state index in [1.54, 1.807) is 6.26 Å². The van der Waals surface area contributed by atoms with E-state index in [4.69, 9.17) is 4.42 Å². The number of hydrogen-bond donors (Lipinski definition) is 1. The molecule has 0 aromatic carbocycles. The summed E-state index contributed by atoms with van der Waals surface area (Å²) in [4.78, 5) is 6.83. The lowest BCUT2D eigenvalue weighted by atomic mass is 10.0. The third-order valence-electron chi connectivity index (χ3n) is 3.48. The highest BCUT2D eigenvalue weighted by atomic mass is 16.4. The molecule has 1 aromatic rings. The predicted molar refractivity (Wildman–Crippen MR) is 73.7 cm³/mol. The van der Waals surface area contributed by atoms with E-state index in [1.165, 1.54) is 19.3 Å². The molecule has 1 saturated heterocycles. The Labute approximate surface area is 110 Å². The van der Waals surface area contributed by atoms with Gasteiger partial charge in [-0.25, -0.2) is 0 Å². The molecule has 4 nitrogen and oxygen atoms in total. The zero-order valence-corrected chi connectivity index (χ0v) is 11.8. The van der Waals surface area contributed by atoms with Crippen LogP contribution >= 0.6 is 0 Å². The Morgan fingerprint density at radius 1 is 1.56 bits per heavy atom. The molecule has 102 valence electrons. The Balaban J connectivity index is 1.86. The van der Waals surface area contributed by atoms with Gasteiger partial charge in [-0.3, -0.25) is 0 Å². The molecule has 0 radical (unpaired) electrons. The Morgan fingerprint density at radius 3 is 3.11 bits per heavy atom. The number of nitrogens with one attached hydrogen (secondary N) is 1. The average Bonchev–Trinajstić information content (AvgIpc) is 2.94. The zero-order chi connectivity index (χ0) is 13.0. The van der Waals surface area contributed by atoms with Crippen LogP contribution in [-0.4, -0.2) is 24.1 Å². The summed E-state index contributed by atoms with van der Waals surface area (Å²) in [5.74, 6) is 0.819. The van der Waals surface area contributed by atoms with Gasteiger partial charge in [0.2, 0.25) is 0 Å². The van der Waals surface area contributed by atoms with E-state index in [1.807, 2.05) is 0 Å².